The Morgan fingerprint density at radius 3 is 2.62 bits per heavy atom. The molecule has 0 radical (unpaired) electrons. The maximum absolute atomic E-state index is 12.8. The molecule has 3 heteroatoms. The summed E-state index contributed by atoms with van der Waals surface area (Å²) in [6.07, 6.45) is 9.16. The molecule has 1 aliphatic rings. The molecule has 0 bridgehead atoms. The zero-order valence-corrected chi connectivity index (χ0v) is 15.4. The summed E-state index contributed by atoms with van der Waals surface area (Å²) in [5, 5.41) is 0. The first-order valence-electron chi connectivity index (χ1n) is 9.67. The lowest BCUT2D eigenvalue weighted by molar-refractivity contribution is -0.141. The van der Waals surface area contributed by atoms with E-state index in [4.69, 9.17) is 4.74 Å². The molecule has 24 heavy (non-hydrogen) atoms. The Morgan fingerprint density at radius 2 is 1.92 bits per heavy atom. The van der Waals surface area contributed by atoms with Crippen LogP contribution in [0.3, 0.4) is 0 Å². The molecule has 1 atom stereocenters. The van der Waals surface area contributed by atoms with E-state index in [1.807, 2.05) is 4.90 Å². The Balaban J connectivity index is 1.90. The van der Waals surface area contributed by atoms with Gasteiger partial charge in [-0.05, 0) is 37.3 Å². The zero-order chi connectivity index (χ0) is 17.2. The van der Waals surface area contributed by atoms with Crippen LogP contribution in [0.25, 0.3) is 0 Å². The number of nitrogens with zero attached hydrogens (tertiary/aromatic N) is 1. The van der Waals surface area contributed by atoms with E-state index >= 15 is 0 Å². The van der Waals surface area contributed by atoms with Gasteiger partial charge in [-0.2, -0.15) is 0 Å². The third-order valence-corrected chi connectivity index (χ3v) is 4.92. The molecule has 1 aliphatic heterocycles. The van der Waals surface area contributed by atoms with Crippen molar-refractivity contribution in [3.63, 3.8) is 0 Å². The Morgan fingerprint density at radius 1 is 1.17 bits per heavy atom. The molecule has 0 spiro atoms. The van der Waals surface area contributed by atoms with Gasteiger partial charge in [0.2, 0.25) is 0 Å². The van der Waals surface area contributed by atoms with Crippen LogP contribution in [0.2, 0.25) is 0 Å². The van der Waals surface area contributed by atoms with E-state index in [2.05, 4.69) is 38.1 Å². The summed E-state index contributed by atoms with van der Waals surface area (Å²) in [7, 11) is 0. The number of ether oxygens (including phenoxy) is 1. The van der Waals surface area contributed by atoms with E-state index in [9.17, 15) is 4.79 Å². The molecule has 1 aromatic carbocycles. The molecular formula is C21H33NO2. The number of rotatable bonds is 10. The van der Waals surface area contributed by atoms with Crippen LogP contribution in [-0.4, -0.2) is 30.1 Å². The first-order valence-corrected chi connectivity index (χ1v) is 9.67. The van der Waals surface area contributed by atoms with Gasteiger partial charge in [-0.1, -0.05) is 63.3 Å². The van der Waals surface area contributed by atoms with Crippen molar-refractivity contribution in [1.82, 2.24) is 4.90 Å². The molecule has 1 amide bonds. The average Bonchev–Trinajstić information content (AvgIpc) is 3.12. The highest BCUT2D eigenvalue weighted by Gasteiger charge is 2.28. The Hall–Kier alpha value is -1.35. The predicted octanol–water partition coefficient (Wildman–Crippen LogP) is 4.86. The van der Waals surface area contributed by atoms with E-state index in [1.165, 1.54) is 43.2 Å². The molecule has 1 saturated heterocycles. The third-order valence-electron chi connectivity index (χ3n) is 4.92. The van der Waals surface area contributed by atoms with Gasteiger partial charge >= 0.3 is 0 Å². The Bertz CT molecular complexity index is 494. The van der Waals surface area contributed by atoms with Crippen LogP contribution in [-0.2, 0) is 16.1 Å². The zero-order valence-electron chi connectivity index (χ0n) is 15.4. The molecule has 2 rings (SSSR count). The highest BCUT2D eigenvalue weighted by Crippen LogP contribution is 2.18. The number of hydrogen-bond donors (Lipinski definition) is 0. The number of aryl methyl sites for hydroxylation is 1. The SMILES string of the molecule is CCCCCCCCN(Cc1ccccc1C)C(=O)C1CCCO1. The standard InChI is InChI=1S/C21H33NO2/c1-3-4-5-6-7-10-15-22(21(23)20-14-11-16-24-20)17-19-13-9-8-12-18(19)2/h8-9,12-13,20H,3-7,10-11,14-17H2,1-2H3. The van der Waals surface area contributed by atoms with Crippen LogP contribution in [0.1, 0.15) is 69.4 Å². The van der Waals surface area contributed by atoms with Crippen molar-refractivity contribution >= 4 is 5.91 Å². The monoisotopic (exact) mass is 331 g/mol. The fraction of sp³-hybridized carbons (Fsp3) is 0.667. The molecule has 3 nitrogen and oxygen atoms in total. The predicted molar refractivity (Wildman–Crippen MR) is 98.9 cm³/mol. The number of amides is 1. The first kappa shape index (κ1) is 19.0. The second kappa shape index (κ2) is 10.5. The molecule has 1 unspecified atom stereocenters. The van der Waals surface area contributed by atoms with Gasteiger partial charge in [0.1, 0.15) is 6.10 Å². The summed E-state index contributed by atoms with van der Waals surface area (Å²) in [5.74, 6) is 0.185. The van der Waals surface area contributed by atoms with Gasteiger partial charge in [0.05, 0.1) is 0 Å². The van der Waals surface area contributed by atoms with E-state index < -0.39 is 0 Å². The van der Waals surface area contributed by atoms with E-state index in [-0.39, 0.29) is 12.0 Å². The lowest BCUT2D eigenvalue weighted by Crippen LogP contribution is -2.39. The van der Waals surface area contributed by atoms with Crippen LogP contribution < -0.4 is 0 Å². The summed E-state index contributed by atoms with van der Waals surface area (Å²) < 4.78 is 5.63. The lowest BCUT2D eigenvalue weighted by atomic mass is 10.1. The highest BCUT2D eigenvalue weighted by molar-refractivity contribution is 5.81. The van der Waals surface area contributed by atoms with Gasteiger partial charge in [-0.15, -0.1) is 0 Å². The molecule has 1 aromatic rings. The van der Waals surface area contributed by atoms with Crippen molar-refractivity contribution < 1.29 is 9.53 Å². The molecule has 0 aromatic heterocycles. The van der Waals surface area contributed by atoms with Crippen LogP contribution in [0.4, 0.5) is 0 Å². The largest absolute Gasteiger partial charge is 0.368 e. The van der Waals surface area contributed by atoms with Gasteiger partial charge < -0.3 is 9.64 Å². The molecular weight excluding hydrogens is 298 g/mol. The summed E-state index contributed by atoms with van der Waals surface area (Å²) in [4.78, 5) is 14.9. The van der Waals surface area contributed by atoms with Crippen molar-refractivity contribution in [2.75, 3.05) is 13.2 Å². The van der Waals surface area contributed by atoms with Crippen LogP contribution in [0.5, 0.6) is 0 Å². The van der Waals surface area contributed by atoms with Crippen LogP contribution in [0.15, 0.2) is 24.3 Å². The van der Waals surface area contributed by atoms with Crippen molar-refractivity contribution in [3.8, 4) is 0 Å². The fourth-order valence-electron chi connectivity index (χ4n) is 3.32. The number of carbonyl (C=O) groups is 1. The molecule has 0 N–H and O–H groups in total. The second-order valence-electron chi connectivity index (χ2n) is 6.96. The number of unbranched alkanes of at least 4 members (excludes halogenated alkanes) is 5. The normalized spacial score (nSPS) is 17.2. The minimum Gasteiger partial charge on any atom is -0.368 e. The Labute approximate surface area is 147 Å². The van der Waals surface area contributed by atoms with Gasteiger partial charge in [0.25, 0.3) is 5.91 Å². The highest BCUT2D eigenvalue weighted by atomic mass is 16.5. The molecule has 1 fully saturated rings. The van der Waals surface area contributed by atoms with Crippen molar-refractivity contribution in [3.05, 3.63) is 35.4 Å². The summed E-state index contributed by atoms with van der Waals surface area (Å²) in [6.45, 7) is 6.64. The van der Waals surface area contributed by atoms with Gasteiger partial charge in [0.15, 0.2) is 0 Å². The van der Waals surface area contributed by atoms with Gasteiger partial charge in [-0.25, -0.2) is 0 Å². The summed E-state index contributed by atoms with van der Waals surface area (Å²) in [6, 6.07) is 8.36. The lowest BCUT2D eigenvalue weighted by Gasteiger charge is -2.26. The van der Waals surface area contributed by atoms with Crippen molar-refractivity contribution in [1.29, 1.82) is 0 Å². The van der Waals surface area contributed by atoms with Crippen molar-refractivity contribution in [2.45, 2.75) is 77.9 Å². The minimum absolute atomic E-state index is 0.185. The average molecular weight is 332 g/mol. The Kier molecular flexibility index (Phi) is 8.31. The van der Waals surface area contributed by atoms with Gasteiger partial charge in [-0.3, -0.25) is 4.79 Å². The molecule has 134 valence electrons. The third kappa shape index (κ3) is 5.94. The van der Waals surface area contributed by atoms with Crippen molar-refractivity contribution in [2.24, 2.45) is 0 Å². The van der Waals surface area contributed by atoms with Crippen LogP contribution in [0, 0.1) is 6.92 Å². The van der Waals surface area contributed by atoms with E-state index in [0.717, 1.165) is 32.4 Å². The summed E-state index contributed by atoms with van der Waals surface area (Å²) in [5.41, 5.74) is 2.50. The second-order valence-corrected chi connectivity index (χ2v) is 6.96. The number of benzene rings is 1. The first-order chi connectivity index (χ1) is 11.7. The topological polar surface area (TPSA) is 29.5 Å². The van der Waals surface area contributed by atoms with E-state index in [1.54, 1.807) is 0 Å². The fourth-order valence-corrected chi connectivity index (χ4v) is 3.32. The maximum Gasteiger partial charge on any atom is 0.251 e. The maximum atomic E-state index is 12.8. The molecule has 0 aliphatic carbocycles. The summed E-state index contributed by atoms with van der Waals surface area (Å²) >= 11 is 0. The molecule has 1 heterocycles. The minimum atomic E-state index is -0.214. The number of hydrogen-bond acceptors (Lipinski definition) is 2. The van der Waals surface area contributed by atoms with E-state index in [0.29, 0.717) is 6.54 Å². The number of carbonyl (C=O) groups excluding carboxylic acids is 1. The molecule has 0 saturated carbocycles. The van der Waals surface area contributed by atoms with Gasteiger partial charge in [0, 0.05) is 19.7 Å². The quantitative estimate of drug-likeness (QED) is 0.573. The van der Waals surface area contributed by atoms with Crippen LogP contribution >= 0.6 is 0 Å². The smallest absolute Gasteiger partial charge is 0.251 e.